The zero-order chi connectivity index (χ0) is 25.6. The average Bonchev–Trinajstić information content (AvgIpc) is 3.45. The summed E-state index contributed by atoms with van der Waals surface area (Å²) in [6.07, 6.45) is 4.89. The van der Waals surface area contributed by atoms with Crippen LogP contribution < -0.4 is 5.73 Å². The van der Waals surface area contributed by atoms with E-state index >= 15 is 0 Å². The van der Waals surface area contributed by atoms with Gasteiger partial charge in [0.05, 0.1) is 31.0 Å². The Hall–Kier alpha value is -3.80. The molecule has 190 valence electrons. The van der Waals surface area contributed by atoms with Gasteiger partial charge in [0.1, 0.15) is 11.8 Å². The van der Waals surface area contributed by atoms with Gasteiger partial charge in [0.25, 0.3) is 0 Å². The van der Waals surface area contributed by atoms with Gasteiger partial charge in [-0.2, -0.15) is 14.5 Å². The predicted molar refractivity (Wildman–Crippen MR) is 142 cm³/mol. The molecule has 3 aromatic heterocycles. The summed E-state index contributed by atoms with van der Waals surface area (Å²) in [4.78, 5) is 4.22. The second-order valence-corrected chi connectivity index (χ2v) is 11.3. The quantitative estimate of drug-likeness (QED) is 0.367. The van der Waals surface area contributed by atoms with Crippen LogP contribution in [0.2, 0.25) is 0 Å². The average molecular weight is 518 g/mol. The molecule has 37 heavy (non-hydrogen) atoms. The first-order valence-corrected chi connectivity index (χ1v) is 13.9. The Morgan fingerprint density at radius 2 is 1.97 bits per heavy atom. The maximum atomic E-state index is 12.1. The maximum absolute atomic E-state index is 12.1. The van der Waals surface area contributed by atoms with Crippen molar-refractivity contribution in [2.45, 2.75) is 19.1 Å². The van der Waals surface area contributed by atoms with Gasteiger partial charge in [-0.1, -0.05) is 42.5 Å². The van der Waals surface area contributed by atoms with Crippen molar-refractivity contribution < 1.29 is 13.2 Å². The molecular formula is C26H27N7O3S. The van der Waals surface area contributed by atoms with Crippen molar-refractivity contribution in [1.82, 2.24) is 28.7 Å². The second kappa shape index (κ2) is 9.25. The largest absolute Gasteiger partial charge is 0.382 e. The van der Waals surface area contributed by atoms with Crippen molar-refractivity contribution in [2.24, 2.45) is 0 Å². The molecule has 2 N–H and O–H groups in total. The highest BCUT2D eigenvalue weighted by Gasteiger charge is 2.28. The molecule has 2 aromatic carbocycles. The van der Waals surface area contributed by atoms with Crippen LogP contribution in [0.4, 0.5) is 5.82 Å². The first kappa shape index (κ1) is 23.6. The first-order chi connectivity index (χ1) is 17.8. The van der Waals surface area contributed by atoms with E-state index in [1.165, 1.54) is 22.5 Å². The monoisotopic (exact) mass is 517 g/mol. The van der Waals surface area contributed by atoms with E-state index < -0.39 is 10.0 Å². The van der Waals surface area contributed by atoms with Crippen LogP contribution in [-0.2, 0) is 27.7 Å². The number of ether oxygens (including phenoxy) is 1. The summed E-state index contributed by atoms with van der Waals surface area (Å²) in [6, 6.07) is 18.4. The lowest BCUT2D eigenvalue weighted by Gasteiger charge is -2.31. The second-order valence-electron chi connectivity index (χ2n) is 9.36. The van der Waals surface area contributed by atoms with Crippen LogP contribution in [0.3, 0.4) is 0 Å². The number of benzene rings is 2. The highest BCUT2D eigenvalue weighted by molar-refractivity contribution is 7.88. The van der Waals surface area contributed by atoms with E-state index in [4.69, 9.17) is 15.6 Å². The van der Waals surface area contributed by atoms with E-state index in [0.717, 1.165) is 27.7 Å². The third-order valence-corrected chi connectivity index (χ3v) is 7.99. The third-order valence-electron chi connectivity index (χ3n) is 6.72. The van der Waals surface area contributed by atoms with Gasteiger partial charge in [-0.05, 0) is 23.3 Å². The van der Waals surface area contributed by atoms with Crippen molar-refractivity contribution in [1.29, 1.82) is 0 Å². The van der Waals surface area contributed by atoms with Crippen LogP contribution >= 0.6 is 0 Å². The Kier molecular flexibility index (Phi) is 5.90. The normalized spacial score (nSPS) is 17.1. The summed E-state index contributed by atoms with van der Waals surface area (Å²) < 4.78 is 35.2. The van der Waals surface area contributed by atoms with E-state index in [0.29, 0.717) is 44.0 Å². The Bertz CT molecular complexity index is 1700. The Morgan fingerprint density at radius 3 is 2.78 bits per heavy atom. The van der Waals surface area contributed by atoms with Crippen molar-refractivity contribution in [3.05, 3.63) is 78.4 Å². The van der Waals surface area contributed by atoms with E-state index in [2.05, 4.69) is 28.3 Å². The van der Waals surface area contributed by atoms with Gasteiger partial charge < -0.3 is 10.5 Å². The van der Waals surface area contributed by atoms with Crippen molar-refractivity contribution in [2.75, 3.05) is 31.7 Å². The molecule has 10 nitrogen and oxygen atoms in total. The van der Waals surface area contributed by atoms with Gasteiger partial charge in [-0.3, -0.25) is 4.68 Å². The molecule has 0 bridgehead atoms. The number of rotatable bonds is 6. The molecule has 0 aliphatic carbocycles. The van der Waals surface area contributed by atoms with Crippen LogP contribution in [0, 0.1) is 0 Å². The van der Waals surface area contributed by atoms with Crippen molar-refractivity contribution in [3.63, 3.8) is 0 Å². The van der Waals surface area contributed by atoms with Crippen LogP contribution in [0.15, 0.2) is 67.1 Å². The van der Waals surface area contributed by atoms with E-state index in [-0.39, 0.29) is 6.10 Å². The summed E-state index contributed by atoms with van der Waals surface area (Å²) in [5, 5.41) is 10.3. The molecule has 0 spiro atoms. The predicted octanol–water partition coefficient (Wildman–Crippen LogP) is 2.58. The molecule has 0 amide bonds. The number of hydrogen-bond acceptors (Lipinski definition) is 7. The number of morpholine rings is 1. The highest BCUT2D eigenvalue weighted by Crippen LogP contribution is 2.33. The molecular weight excluding hydrogens is 490 g/mol. The molecule has 1 saturated heterocycles. The number of fused-ring (bicyclic) bond motifs is 2. The van der Waals surface area contributed by atoms with Crippen molar-refractivity contribution >= 4 is 32.3 Å². The van der Waals surface area contributed by atoms with Crippen LogP contribution in [0.25, 0.3) is 27.5 Å². The molecule has 1 aliphatic heterocycles. The van der Waals surface area contributed by atoms with Gasteiger partial charge in [0, 0.05) is 42.4 Å². The molecule has 5 aromatic rings. The standard InChI is InChI=1S/C26H27N7O3S/c1-37(34,35)32-9-10-36-22(16-32)12-21-13-23(25-26(27)28-17-29-33(21)25)19-7-8-20-15-31(30-24(20)11-19)14-18-5-3-2-4-6-18/h2-8,11,13,15,17,22H,9-10,12,14,16H2,1H3,(H2,27,28,29). The van der Waals surface area contributed by atoms with Crippen LogP contribution in [0.1, 0.15) is 11.3 Å². The topological polar surface area (TPSA) is 121 Å². The molecule has 0 radical (unpaired) electrons. The minimum atomic E-state index is -3.28. The van der Waals surface area contributed by atoms with E-state index in [1.54, 1.807) is 4.52 Å². The summed E-state index contributed by atoms with van der Waals surface area (Å²) in [5.41, 5.74) is 11.8. The molecule has 6 rings (SSSR count). The summed E-state index contributed by atoms with van der Waals surface area (Å²) in [7, 11) is -3.28. The first-order valence-electron chi connectivity index (χ1n) is 12.0. The molecule has 11 heteroatoms. The number of aromatic nitrogens is 5. The van der Waals surface area contributed by atoms with Gasteiger partial charge in [0.15, 0.2) is 5.82 Å². The fourth-order valence-electron chi connectivity index (χ4n) is 4.93. The van der Waals surface area contributed by atoms with Crippen LogP contribution in [-0.4, -0.2) is 69.2 Å². The zero-order valence-electron chi connectivity index (χ0n) is 20.4. The fraction of sp³-hybridized carbons (Fsp3) is 0.269. The smallest absolute Gasteiger partial charge is 0.211 e. The minimum Gasteiger partial charge on any atom is -0.382 e. The Labute approximate surface area is 214 Å². The molecule has 0 saturated carbocycles. The van der Waals surface area contributed by atoms with Crippen LogP contribution in [0.5, 0.6) is 0 Å². The lowest BCUT2D eigenvalue weighted by atomic mass is 10.0. The SMILES string of the molecule is CS(=O)(=O)N1CCOC(Cc2cc(-c3ccc4cn(Cc5ccccc5)nc4c3)c3c(N)ncnn23)C1. The number of nitrogens with two attached hydrogens (primary N) is 1. The maximum Gasteiger partial charge on any atom is 0.211 e. The highest BCUT2D eigenvalue weighted by atomic mass is 32.2. The van der Waals surface area contributed by atoms with E-state index in [9.17, 15) is 8.42 Å². The molecule has 1 unspecified atom stereocenters. The fourth-order valence-corrected chi connectivity index (χ4v) is 5.78. The molecule has 4 heterocycles. The van der Waals surface area contributed by atoms with Gasteiger partial charge >= 0.3 is 0 Å². The number of nitrogens with zero attached hydrogens (tertiary/aromatic N) is 6. The Balaban J connectivity index is 1.35. The number of anilines is 1. The number of sulfonamides is 1. The third kappa shape index (κ3) is 4.68. The number of nitrogen functional groups attached to an aromatic ring is 1. The summed E-state index contributed by atoms with van der Waals surface area (Å²) in [5.74, 6) is 0.369. The number of hydrogen-bond donors (Lipinski definition) is 1. The molecule has 1 fully saturated rings. The molecule has 1 aliphatic rings. The van der Waals surface area contributed by atoms with Crippen molar-refractivity contribution in [3.8, 4) is 11.1 Å². The van der Waals surface area contributed by atoms with E-state index in [1.807, 2.05) is 47.3 Å². The molecule has 1 atom stereocenters. The lowest BCUT2D eigenvalue weighted by Crippen LogP contribution is -2.45. The minimum absolute atomic E-state index is 0.290. The van der Waals surface area contributed by atoms with Gasteiger partial charge in [-0.15, -0.1) is 0 Å². The Morgan fingerprint density at radius 1 is 1.14 bits per heavy atom. The van der Waals surface area contributed by atoms with Gasteiger partial charge in [-0.25, -0.2) is 17.9 Å². The summed E-state index contributed by atoms with van der Waals surface area (Å²) >= 11 is 0. The zero-order valence-corrected chi connectivity index (χ0v) is 21.2. The lowest BCUT2D eigenvalue weighted by molar-refractivity contribution is -0.000975. The van der Waals surface area contributed by atoms with Gasteiger partial charge in [0.2, 0.25) is 10.0 Å². The summed E-state index contributed by atoms with van der Waals surface area (Å²) in [6.45, 7) is 1.71.